The van der Waals surface area contributed by atoms with Crippen molar-refractivity contribution in [3.05, 3.63) is 33.9 Å². The summed E-state index contributed by atoms with van der Waals surface area (Å²) in [6.07, 6.45) is 0. The van der Waals surface area contributed by atoms with Crippen LogP contribution in [0.15, 0.2) is 22.7 Å². The highest BCUT2D eigenvalue weighted by Crippen LogP contribution is 2.26. The highest BCUT2D eigenvalue weighted by molar-refractivity contribution is 6.21. The number of phenols is 1. The molecule has 1 aromatic carbocycles. The van der Waals surface area contributed by atoms with Crippen molar-refractivity contribution in [2.45, 2.75) is 6.92 Å². The molecule has 1 N–H and O–H groups in total. The highest BCUT2D eigenvalue weighted by Gasteiger charge is 2.15. The van der Waals surface area contributed by atoms with E-state index in [2.05, 4.69) is 4.51 Å². The molecule has 0 fully saturated rings. The van der Waals surface area contributed by atoms with E-state index in [-0.39, 0.29) is 11.6 Å². The van der Waals surface area contributed by atoms with E-state index in [1.165, 1.54) is 12.1 Å². The number of nitro benzene ring substituents is 1. The van der Waals surface area contributed by atoms with Gasteiger partial charge in [-0.25, -0.2) is 0 Å². The van der Waals surface area contributed by atoms with Gasteiger partial charge in [-0.05, 0) is 19.1 Å². The molecule has 86 valence electrons. The zero-order chi connectivity index (χ0) is 12.1. The van der Waals surface area contributed by atoms with Gasteiger partial charge in [-0.3, -0.25) is 10.1 Å². The Morgan fingerprint density at radius 1 is 1.69 bits per heavy atom. The summed E-state index contributed by atoms with van der Waals surface area (Å²) in [7, 11) is 0. The number of rotatable bonds is 3. The Balaban J connectivity index is 3.09. The van der Waals surface area contributed by atoms with Crippen molar-refractivity contribution in [1.29, 1.82) is 0 Å². The molecule has 0 unspecified atom stereocenters. The fourth-order valence-corrected chi connectivity index (χ4v) is 1.25. The van der Waals surface area contributed by atoms with Gasteiger partial charge in [0.1, 0.15) is 0 Å². The Hall–Kier alpha value is -1.82. The first kappa shape index (κ1) is 12.3. The third kappa shape index (κ3) is 2.60. The van der Waals surface area contributed by atoms with Crippen LogP contribution in [0.4, 0.5) is 5.69 Å². The van der Waals surface area contributed by atoms with E-state index in [1.807, 2.05) is 0 Å². The standard InChI is InChI=1S/C9H9ClN2O4/c1-2-16-9(11-10)6-3-4-7(12(14)15)8(13)5-6/h3-5,13H,2H2,1H3/b11-9+. The predicted molar refractivity (Wildman–Crippen MR) is 58.8 cm³/mol. The van der Waals surface area contributed by atoms with E-state index in [0.29, 0.717) is 12.2 Å². The average molecular weight is 245 g/mol. The van der Waals surface area contributed by atoms with Gasteiger partial charge in [-0.15, -0.1) is 4.51 Å². The third-order valence-electron chi connectivity index (χ3n) is 1.78. The summed E-state index contributed by atoms with van der Waals surface area (Å²) >= 11 is 5.28. The van der Waals surface area contributed by atoms with E-state index >= 15 is 0 Å². The van der Waals surface area contributed by atoms with Crippen molar-refractivity contribution in [3.63, 3.8) is 0 Å². The minimum atomic E-state index is -0.683. The van der Waals surface area contributed by atoms with Crippen LogP contribution in [0.2, 0.25) is 0 Å². The molecule has 0 aromatic heterocycles. The van der Waals surface area contributed by atoms with Crippen LogP contribution in [0, 0.1) is 10.1 Å². The van der Waals surface area contributed by atoms with Crippen molar-refractivity contribution in [2.24, 2.45) is 4.51 Å². The molecule has 1 rings (SSSR count). The summed E-state index contributed by atoms with van der Waals surface area (Å²) in [4.78, 5) is 9.77. The first-order chi connectivity index (χ1) is 7.60. The molecule has 0 amide bonds. The lowest BCUT2D eigenvalue weighted by Gasteiger charge is -2.05. The third-order valence-corrected chi connectivity index (χ3v) is 1.93. The minimum absolute atomic E-state index is 0.106. The van der Waals surface area contributed by atoms with E-state index < -0.39 is 10.7 Å². The number of phenolic OH excluding ortho intramolecular Hbond substituents is 1. The largest absolute Gasteiger partial charge is 0.502 e. The molecule has 7 heteroatoms. The van der Waals surface area contributed by atoms with E-state index in [4.69, 9.17) is 16.5 Å². The fourth-order valence-electron chi connectivity index (χ4n) is 1.10. The van der Waals surface area contributed by atoms with Crippen molar-refractivity contribution >= 4 is 23.4 Å². The summed E-state index contributed by atoms with van der Waals surface area (Å²) in [6.45, 7) is 2.09. The summed E-state index contributed by atoms with van der Waals surface area (Å²) in [6, 6.07) is 3.73. The molecular weight excluding hydrogens is 236 g/mol. The molecule has 0 radical (unpaired) electrons. The SMILES string of the molecule is CCO/C(=N/Cl)c1ccc([N+](=O)[O-])c(O)c1. The van der Waals surface area contributed by atoms with Crippen LogP contribution in [-0.4, -0.2) is 22.5 Å². The lowest BCUT2D eigenvalue weighted by atomic mass is 10.2. The number of hydrogen-bond donors (Lipinski definition) is 1. The Labute approximate surface area is 96.4 Å². The number of nitrogens with zero attached hydrogens (tertiary/aromatic N) is 2. The van der Waals surface area contributed by atoms with E-state index in [1.54, 1.807) is 6.92 Å². The van der Waals surface area contributed by atoms with E-state index in [9.17, 15) is 15.2 Å². The van der Waals surface area contributed by atoms with Gasteiger partial charge in [0, 0.05) is 23.4 Å². The second-order valence-corrected chi connectivity index (χ2v) is 2.95. The summed E-state index contributed by atoms with van der Waals surface area (Å²) in [5, 5.41) is 19.8. The number of ether oxygens (including phenoxy) is 1. The molecule has 0 saturated heterocycles. The second-order valence-electron chi connectivity index (χ2n) is 2.78. The number of benzene rings is 1. The summed E-state index contributed by atoms with van der Waals surface area (Å²) in [5.41, 5.74) is -0.00544. The Kier molecular flexibility index (Phi) is 4.07. The zero-order valence-corrected chi connectivity index (χ0v) is 9.14. The normalized spacial score (nSPS) is 11.2. The van der Waals surface area contributed by atoms with Crippen molar-refractivity contribution in [3.8, 4) is 5.75 Å². The van der Waals surface area contributed by atoms with Gasteiger partial charge in [0.25, 0.3) is 0 Å². The van der Waals surface area contributed by atoms with Crippen LogP contribution in [0.25, 0.3) is 0 Å². The molecule has 6 nitrogen and oxygen atoms in total. The topological polar surface area (TPSA) is 85.0 Å². The summed E-state index contributed by atoms with van der Waals surface area (Å²) < 4.78 is 8.42. The minimum Gasteiger partial charge on any atom is -0.502 e. The van der Waals surface area contributed by atoms with Crippen molar-refractivity contribution < 1.29 is 14.8 Å². The molecule has 0 aliphatic carbocycles. The first-order valence-electron chi connectivity index (χ1n) is 4.39. The number of hydrogen-bond acceptors (Lipinski definition) is 5. The maximum atomic E-state index is 10.5. The lowest BCUT2D eigenvalue weighted by Crippen LogP contribution is -2.05. The van der Waals surface area contributed by atoms with Crippen LogP contribution >= 0.6 is 11.8 Å². The van der Waals surface area contributed by atoms with Crippen LogP contribution in [0.1, 0.15) is 12.5 Å². The molecule has 0 aliphatic rings. The molecule has 1 aromatic rings. The molecule has 0 saturated carbocycles. The van der Waals surface area contributed by atoms with Gasteiger partial charge in [0.2, 0.25) is 5.90 Å². The second kappa shape index (κ2) is 5.32. The zero-order valence-electron chi connectivity index (χ0n) is 8.38. The van der Waals surface area contributed by atoms with Gasteiger partial charge in [-0.1, -0.05) is 0 Å². The van der Waals surface area contributed by atoms with Crippen LogP contribution in [0.3, 0.4) is 0 Å². The lowest BCUT2D eigenvalue weighted by molar-refractivity contribution is -0.385. The van der Waals surface area contributed by atoms with Crippen LogP contribution in [0.5, 0.6) is 5.75 Å². The number of aromatic hydroxyl groups is 1. The number of nitro groups is 1. The maximum Gasteiger partial charge on any atom is 0.310 e. The van der Waals surface area contributed by atoms with Gasteiger partial charge >= 0.3 is 5.69 Å². The first-order valence-corrected chi connectivity index (χ1v) is 4.73. The molecule has 0 heterocycles. The van der Waals surface area contributed by atoms with Gasteiger partial charge < -0.3 is 9.84 Å². The average Bonchev–Trinajstić information content (AvgIpc) is 2.25. The monoisotopic (exact) mass is 244 g/mol. The van der Waals surface area contributed by atoms with Crippen molar-refractivity contribution in [1.82, 2.24) is 0 Å². The van der Waals surface area contributed by atoms with Crippen molar-refractivity contribution in [2.75, 3.05) is 6.61 Å². The van der Waals surface area contributed by atoms with Gasteiger partial charge in [-0.2, -0.15) is 0 Å². The molecular formula is C9H9ClN2O4. The Bertz CT molecular complexity index is 434. The highest BCUT2D eigenvalue weighted by atomic mass is 35.5. The predicted octanol–water partition coefficient (Wildman–Crippen LogP) is 2.24. The van der Waals surface area contributed by atoms with Crippen LogP contribution in [-0.2, 0) is 4.74 Å². The Morgan fingerprint density at radius 2 is 2.38 bits per heavy atom. The van der Waals surface area contributed by atoms with Crippen LogP contribution < -0.4 is 0 Å². The molecule has 0 atom stereocenters. The fraction of sp³-hybridized carbons (Fsp3) is 0.222. The molecule has 0 spiro atoms. The van der Waals surface area contributed by atoms with Gasteiger partial charge in [0.05, 0.1) is 11.5 Å². The van der Waals surface area contributed by atoms with Gasteiger partial charge in [0.15, 0.2) is 5.75 Å². The summed E-state index contributed by atoms with van der Waals surface area (Å²) in [5.74, 6) is -0.352. The molecule has 0 bridgehead atoms. The van der Waals surface area contributed by atoms with E-state index in [0.717, 1.165) is 6.07 Å². The maximum absolute atomic E-state index is 10.5. The molecule has 0 aliphatic heterocycles. The Morgan fingerprint density at radius 3 is 2.81 bits per heavy atom. The molecule has 16 heavy (non-hydrogen) atoms. The quantitative estimate of drug-likeness (QED) is 0.382. The number of halogens is 1. The smallest absolute Gasteiger partial charge is 0.310 e.